The van der Waals surface area contributed by atoms with E-state index in [-0.39, 0.29) is 11.9 Å². The van der Waals surface area contributed by atoms with Crippen molar-refractivity contribution in [3.8, 4) is 0 Å². The molecule has 1 unspecified atom stereocenters. The van der Waals surface area contributed by atoms with Crippen LogP contribution in [0.1, 0.15) is 32.6 Å². The molecular weight excluding hydrogens is 242 g/mol. The van der Waals surface area contributed by atoms with Crippen LogP contribution in [0.5, 0.6) is 0 Å². The highest BCUT2D eigenvalue weighted by atomic mass is 16.5. The van der Waals surface area contributed by atoms with Gasteiger partial charge in [0.2, 0.25) is 5.91 Å². The average molecular weight is 271 g/mol. The second kappa shape index (κ2) is 9.28. The van der Waals surface area contributed by atoms with Crippen LogP contribution in [0.2, 0.25) is 0 Å². The number of carbonyl (C=O) groups is 1. The lowest BCUT2D eigenvalue weighted by atomic mass is 10.1. The molecule has 1 rings (SSSR count). The molecule has 0 saturated carbocycles. The molecule has 1 amide bonds. The van der Waals surface area contributed by atoms with Gasteiger partial charge in [0.1, 0.15) is 0 Å². The molecule has 0 spiro atoms. The third-order valence-corrected chi connectivity index (χ3v) is 3.65. The highest BCUT2D eigenvalue weighted by Gasteiger charge is 2.20. The lowest BCUT2D eigenvalue weighted by Gasteiger charge is -2.23. The lowest BCUT2D eigenvalue weighted by Crippen LogP contribution is -2.38. The van der Waals surface area contributed by atoms with Gasteiger partial charge in [-0.25, -0.2) is 0 Å². The Hall–Kier alpha value is -0.650. The molecule has 1 fully saturated rings. The van der Waals surface area contributed by atoms with E-state index in [9.17, 15) is 4.79 Å². The molecular formula is C14H29N3O2. The fourth-order valence-electron chi connectivity index (χ4n) is 2.49. The Balaban J connectivity index is 2.33. The van der Waals surface area contributed by atoms with Crippen molar-refractivity contribution in [2.45, 2.75) is 38.6 Å². The van der Waals surface area contributed by atoms with Gasteiger partial charge in [-0.3, -0.25) is 9.69 Å². The second-order valence-electron chi connectivity index (χ2n) is 5.32. The van der Waals surface area contributed by atoms with Crippen molar-refractivity contribution < 1.29 is 9.53 Å². The number of carbonyl (C=O) groups excluding carboxylic acids is 1. The third-order valence-electron chi connectivity index (χ3n) is 3.65. The molecule has 0 bridgehead atoms. The second-order valence-corrected chi connectivity index (χ2v) is 5.32. The van der Waals surface area contributed by atoms with E-state index in [2.05, 4.69) is 11.8 Å². The third kappa shape index (κ3) is 6.36. The molecule has 0 aromatic heterocycles. The van der Waals surface area contributed by atoms with Crippen molar-refractivity contribution in [3.63, 3.8) is 0 Å². The summed E-state index contributed by atoms with van der Waals surface area (Å²) in [6, 6.07) is 0.0188. The lowest BCUT2D eigenvalue weighted by molar-refractivity contribution is -0.131. The average Bonchev–Trinajstić information content (AvgIpc) is 2.62. The van der Waals surface area contributed by atoms with Gasteiger partial charge in [-0.2, -0.15) is 0 Å². The number of methoxy groups -OCH3 is 1. The normalized spacial score (nSPS) is 19.2. The Bertz CT molecular complexity index is 261. The van der Waals surface area contributed by atoms with Gasteiger partial charge in [0.05, 0.1) is 6.61 Å². The number of nitrogens with zero attached hydrogens (tertiary/aromatic N) is 2. The van der Waals surface area contributed by atoms with Gasteiger partial charge in [0.25, 0.3) is 0 Å². The first-order valence-corrected chi connectivity index (χ1v) is 7.42. The molecule has 0 aromatic rings. The summed E-state index contributed by atoms with van der Waals surface area (Å²) in [7, 11) is 1.72. The summed E-state index contributed by atoms with van der Waals surface area (Å²) in [5, 5.41) is 0. The molecule has 2 N–H and O–H groups in total. The minimum atomic E-state index is 0.0188. The highest BCUT2D eigenvalue weighted by Crippen LogP contribution is 2.07. The first-order valence-electron chi connectivity index (χ1n) is 7.42. The number of amides is 1. The Morgan fingerprint density at radius 1 is 1.32 bits per heavy atom. The van der Waals surface area contributed by atoms with Crippen molar-refractivity contribution >= 4 is 5.91 Å². The summed E-state index contributed by atoms with van der Waals surface area (Å²) in [5.41, 5.74) is 5.95. The molecule has 0 aliphatic carbocycles. The molecule has 5 heteroatoms. The molecule has 1 aliphatic rings. The highest BCUT2D eigenvalue weighted by molar-refractivity contribution is 5.76. The zero-order chi connectivity index (χ0) is 14.1. The quantitative estimate of drug-likeness (QED) is 0.740. The summed E-state index contributed by atoms with van der Waals surface area (Å²) in [6.45, 7) is 7.49. The van der Waals surface area contributed by atoms with Crippen LogP contribution in [0.3, 0.4) is 0 Å². The summed E-state index contributed by atoms with van der Waals surface area (Å²) in [5.74, 6) is 0.217. The standard InChI is InChI=1S/C14H29N3O2/c1-3-5-13(15)12-14(18)17-7-4-6-16(8-9-17)10-11-19-2/h13H,3-12,15H2,1-2H3. The van der Waals surface area contributed by atoms with E-state index in [0.717, 1.165) is 58.6 Å². The van der Waals surface area contributed by atoms with Crippen LogP contribution in [-0.2, 0) is 9.53 Å². The van der Waals surface area contributed by atoms with Gasteiger partial charge in [-0.1, -0.05) is 13.3 Å². The topological polar surface area (TPSA) is 58.8 Å². The van der Waals surface area contributed by atoms with Crippen LogP contribution in [0, 0.1) is 0 Å². The molecule has 0 aromatic carbocycles. The van der Waals surface area contributed by atoms with Crippen molar-refractivity contribution in [2.75, 3.05) is 46.4 Å². The SMILES string of the molecule is CCCC(N)CC(=O)N1CCCN(CCOC)CC1. The van der Waals surface area contributed by atoms with Gasteiger partial charge in [0.15, 0.2) is 0 Å². The van der Waals surface area contributed by atoms with Crippen LogP contribution in [-0.4, -0.2) is 68.2 Å². The number of rotatable bonds is 7. The van der Waals surface area contributed by atoms with E-state index in [1.165, 1.54) is 0 Å². The van der Waals surface area contributed by atoms with E-state index in [1.54, 1.807) is 7.11 Å². The van der Waals surface area contributed by atoms with E-state index in [0.29, 0.717) is 6.42 Å². The molecule has 1 heterocycles. The van der Waals surface area contributed by atoms with Gasteiger partial charge in [0, 0.05) is 45.8 Å². The van der Waals surface area contributed by atoms with Crippen LogP contribution in [0.25, 0.3) is 0 Å². The fourth-order valence-corrected chi connectivity index (χ4v) is 2.49. The van der Waals surface area contributed by atoms with Gasteiger partial charge in [-0.15, -0.1) is 0 Å². The van der Waals surface area contributed by atoms with Crippen LogP contribution < -0.4 is 5.73 Å². The molecule has 5 nitrogen and oxygen atoms in total. The zero-order valence-electron chi connectivity index (χ0n) is 12.4. The smallest absolute Gasteiger partial charge is 0.224 e. The zero-order valence-corrected chi connectivity index (χ0v) is 12.4. The van der Waals surface area contributed by atoms with E-state index >= 15 is 0 Å². The summed E-state index contributed by atoms with van der Waals surface area (Å²) in [4.78, 5) is 16.5. The molecule has 0 radical (unpaired) electrons. The van der Waals surface area contributed by atoms with Gasteiger partial charge < -0.3 is 15.4 Å². The Kier molecular flexibility index (Phi) is 8.02. The maximum Gasteiger partial charge on any atom is 0.224 e. The summed E-state index contributed by atoms with van der Waals surface area (Å²) in [6.07, 6.45) is 3.50. The van der Waals surface area contributed by atoms with Crippen LogP contribution in [0.4, 0.5) is 0 Å². The number of ether oxygens (including phenoxy) is 1. The van der Waals surface area contributed by atoms with Crippen LogP contribution in [0.15, 0.2) is 0 Å². The minimum Gasteiger partial charge on any atom is -0.383 e. The number of hydrogen-bond acceptors (Lipinski definition) is 4. The van der Waals surface area contributed by atoms with Crippen molar-refractivity contribution in [1.82, 2.24) is 9.80 Å². The molecule has 1 saturated heterocycles. The number of hydrogen-bond donors (Lipinski definition) is 1. The predicted molar refractivity (Wildman–Crippen MR) is 77.0 cm³/mol. The van der Waals surface area contributed by atoms with Gasteiger partial charge >= 0.3 is 0 Å². The maximum atomic E-state index is 12.2. The van der Waals surface area contributed by atoms with E-state index in [1.807, 2.05) is 4.90 Å². The van der Waals surface area contributed by atoms with E-state index < -0.39 is 0 Å². The Morgan fingerprint density at radius 2 is 2.11 bits per heavy atom. The molecule has 112 valence electrons. The van der Waals surface area contributed by atoms with Crippen molar-refractivity contribution in [3.05, 3.63) is 0 Å². The number of nitrogens with two attached hydrogens (primary N) is 1. The summed E-state index contributed by atoms with van der Waals surface area (Å²) >= 11 is 0. The largest absolute Gasteiger partial charge is 0.383 e. The molecule has 19 heavy (non-hydrogen) atoms. The van der Waals surface area contributed by atoms with E-state index in [4.69, 9.17) is 10.5 Å². The fraction of sp³-hybridized carbons (Fsp3) is 0.929. The van der Waals surface area contributed by atoms with Crippen molar-refractivity contribution in [1.29, 1.82) is 0 Å². The monoisotopic (exact) mass is 271 g/mol. The van der Waals surface area contributed by atoms with Crippen molar-refractivity contribution in [2.24, 2.45) is 5.73 Å². The summed E-state index contributed by atoms with van der Waals surface area (Å²) < 4.78 is 5.10. The van der Waals surface area contributed by atoms with Gasteiger partial charge in [-0.05, 0) is 19.4 Å². The Morgan fingerprint density at radius 3 is 2.79 bits per heavy atom. The predicted octanol–water partition coefficient (Wildman–Crippen LogP) is 0.685. The molecule has 1 aliphatic heterocycles. The van der Waals surface area contributed by atoms with Crippen LogP contribution >= 0.6 is 0 Å². The minimum absolute atomic E-state index is 0.0188. The maximum absolute atomic E-state index is 12.2. The Labute approximate surface area is 117 Å². The first-order chi connectivity index (χ1) is 9.17. The molecule has 1 atom stereocenters. The first kappa shape index (κ1) is 16.4.